The highest BCUT2D eigenvalue weighted by atomic mass is 32.2. The average molecular weight is 340 g/mol. The second kappa shape index (κ2) is 5.45. The Balaban J connectivity index is 2.19. The third-order valence-corrected chi connectivity index (χ3v) is 6.64. The number of rotatable bonds is 3. The molecule has 6 heteroatoms. The van der Waals surface area contributed by atoms with E-state index in [1.807, 2.05) is 0 Å². The molecular weight excluding hydrogens is 312 g/mol. The smallest absolute Gasteiger partial charge is 0.200 e. The Morgan fingerprint density at radius 2 is 1.83 bits per heavy atom. The van der Waals surface area contributed by atoms with Crippen LogP contribution in [0, 0.1) is 0 Å². The van der Waals surface area contributed by atoms with Gasteiger partial charge in [-0.1, -0.05) is 0 Å². The molecule has 2 rings (SSSR count). The van der Waals surface area contributed by atoms with E-state index in [2.05, 4.69) is 38.0 Å². The molecule has 23 heavy (non-hydrogen) atoms. The molecule has 0 amide bonds. The molecule has 1 aliphatic heterocycles. The number of pyridine rings is 1. The minimum Gasteiger partial charge on any atom is -0.378 e. The Morgan fingerprint density at radius 1 is 1.22 bits per heavy atom. The van der Waals surface area contributed by atoms with Gasteiger partial charge in [0.1, 0.15) is 0 Å². The fraction of sp³-hybridized carbons (Fsp3) is 0.706. The lowest BCUT2D eigenvalue weighted by atomic mass is 9.94. The fourth-order valence-corrected chi connectivity index (χ4v) is 3.99. The lowest BCUT2D eigenvalue weighted by Crippen LogP contribution is -2.38. The van der Waals surface area contributed by atoms with E-state index in [0.29, 0.717) is 0 Å². The fourth-order valence-electron chi connectivity index (χ4n) is 2.93. The zero-order valence-corrected chi connectivity index (χ0v) is 15.9. The summed E-state index contributed by atoms with van der Waals surface area (Å²) in [5.74, 6) is 0. The molecule has 1 aliphatic rings. The molecule has 0 aromatic carbocycles. The van der Waals surface area contributed by atoms with Crippen molar-refractivity contribution in [3.8, 4) is 0 Å². The summed E-state index contributed by atoms with van der Waals surface area (Å²) < 4.78 is 30.0. The molecule has 0 radical (unpaired) electrons. The van der Waals surface area contributed by atoms with Crippen molar-refractivity contribution in [3.63, 3.8) is 0 Å². The van der Waals surface area contributed by atoms with Crippen LogP contribution < -0.4 is 5.32 Å². The van der Waals surface area contributed by atoms with Gasteiger partial charge in [-0.25, -0.2) is 13.4 Å². The number of anilines is 1. The summed E-state index contributed by atoms with van der Waals surface area (Å²) in [5.41, 5.74) is 0.335. The van der Waals surface area contributed by atoms with Crippen molar-refractivity contribution >= 4 is 15.5 Å². The van der Waals surface area contributed by atoms with Gasteiger partial charge in [0.2, 0.25) is 0 Å². The van der Waals surface area contributed by atoms with Crippen LogP contribution in [-0.2, 0) is 14.6 Å². The van der Waals surface area contributed by atoms with Gasteiger partial charge < -0.3 is 10.1 Å². The van der Waals surface area contributed by atoms with Crippen molar-refractivity contribution in [2.75, 3.05) is 5.32 Å². The highest BCUT2D eigenvalue weighted by molar-refractivity contribution is 7.92. The van der Waals surface area contributed by atoms with Crippen LogP contribution in [0.2, 0.25) is 0 Å². The van der Waals surface area contributed by atoms with E-state index in [4.69, 9.17) is 4.74 Å². The summed E-state index contributed by atoms with van der Waals surface area (Å²) in [6.45, 7) is 13.3. The molecule has 0 spiro atoms. The highest BCUT2D eigenvalue weighted by Crippen LogP contribution is 2.38. The Kier molecular flexibility index (Phi) is 4.31. The first-order valence-electron chi connectivity index (χ1n) is 7.92. The summed E-state index contributed by atoms with van der Waals surface area (Å²) in [4.78, 5) is 4.15. The van der Waals surface area contributed by atoms with Crippen LogP contribution in [0.25, 0.3) is 0 Å². The number of sulfone groups is 1. The molecule has 1 fully saturated rings. The minimum absolute atomic E-state index is 0.109. The van der Waals surface area contributed by atoms with Crippen molar-refractivity contribution in [3.05, 3.63) is 18.3 Å². The van der Waals surface area contributed by atoms with Crippen LogP contribution >= 0.6 is 0 Å². The van der Waals surface area contributed by atoms with Gasteiger partial charge in [0.05, 0.1) is 33.9 Å². The monoisotopic (exact) mass is 340 g/mol. The second-order valence-corrected chi connectivity index (χ2v) is 11.0. The maximum Gasteiger partial charge on any atom is 0.200 e. The number of aromatic nitrogens is 1. The SMILES string of the molecule is CC1(C)CC(Nc2ccc(S(=O)(=O)C(C)(C)C)nc2)C(C)(C)O1. The van der Waals surface area contributed by atoms with Gasteiger partial charge >= 0.3 is 0 Å². The van der Waals surface area contributed by atoms with Crippen LogP contribution in [0.3, 0.4) is 0 Å². The molecule has 130 valence electrons. The first-order chi connectivity index (χ1) is 10.2. The normalized spacial score (nSPS) is 23.7. The second-order valence-electron chi connectivity index (χ2n) is 8.37. The summed E-state index contributed by atoms with van der Waals surface area (Å²) in [6.07, 6.45) is 2.46. The van der Waals surface area contributed by atoms with Crippen LogP contribution in [0.1, 0.15) is 54.9 Å². The number of hydrogen-bond acceptors (Lipinski definition) is 5. The molecule has 2 heterocycles. The average Bonchev–Trinajstić information content (AvgIpc) is 2.56. The molecule has 1 N–H and O–H groups in total. The molecule has 1 aromatic heterocycles. The number of nitrogens with zero attached hydrogens (tertiary/aromatic N) is 1. The van der Waals surface area contributed by atoms with Crippen molar-refractivity contribution < 1.29 is 13.2 Å². The molecular formula is C17H28N2O3S. The maximum absolute atomic E-state index is 12.4. The standard InChI is InChI=1S/C17H28N2O3S/c1-15(2,3)23(20,21)14-9-8-12(11-18-14)19-13-10-16(4,5)22-17(13,6)7/h8-9,11,13,19H,10H2,1-7H3. The first kappa shape index (κ1) is 18.2. The largest absolute Gasteiger partial charge is 0.378 e. The first-order valence-corrected chi connectivity index (χ1v) is 9.40. The van der Waals surface area contributed by atoms with E-state index in [-0.39, 0.29) is 22.3 Å². The van der Waals surface area contributed by atoms with Crippen molar-refractivity contribution in [2.45, 2.75) is 81.9 Å². The van der Waals surface area contributed by atoms with E-state index < -0.39 is 14.6 Å². The number of nitrogens with one attached hydrogen (secondary N) is 1. The van der Waals surface area contributed by atoms with Crippen molar-refractivity contribution in [1.29, 1.82) is 0 Å². The Bertz CT molecular complexity index is 671. The molecule has 1 atom stereocenters. The van der Waals surface area contributed by atoms with Crippen LogP contribution in [-0.4, -0.2) is 35.4 Å². The molecule has 5 nitrogen and oxygen atoms in total. The van der Waals surface area contributed by atoms with Gasteiger partial charge in [0.25, 0.3) is 0 Å². The summed E-state index contributed by atoms with van der Waals surface area (Å²) in [6, 6.07) is 3.48. The summed E-state index contributed by atoms with van der Waals surface area (Å²) >= 11 is 0. The third kappa shape index (κ3) is 3.69. The molecule has 0 saturated carbocycles. The van der Waals surface area contributed by atoms with Crippen LogP contribution in [0.5, 0.6) is 0 Å². The predicted molar refractivity (Wildman–Crippen MR) is 92.4 cm³/mol. The summed E-state index contributed by atoms with van der Waals surface area (Å²) in [7, 11) is -3.43. The zero-order valence-electron chi connectivity index (χ0n) is 15.1. The third-order valence-electron chi connectivity index (χ3n) is 4.23. The lowest BCUT2D eigenvalue weighted by molar-refractivity contribution is -0.0662. The topological polar surface area (TPSA) is 68.3 Å². The molecule has 0 bridgehead atoms. The number of hydrogen-bond donors (Lipinski definition) is 1. The molecule has 0 aliphatic carbocycles. The molecule has 1 saturated heterocycles. The highest BCUT2D eigenvalue weighted by Gasteiger charge is 2.45. The Hall–Kier alpha value is -1.14. The van der Waals surface area contributed by atoms with Crippen molar-refractivity contribution in [1.82, 2.24) is 4.98 Å². The predicted octanol–water partition coefficient (Wildman–Crippen LogP) is 3.41. The number of ether oxygens (including phenoxy) is 1. The minimum atomic E-state index is -3.43. The van der Waals surface area contributed by atoms with Crippen molar-refractivity contribution in [2.24, 2.45) is 0 Å². The van der Waals surface area contributed by atoms with Gasteiger partial charge in [-0.05, 0) is 67.0 Å². The van der Waals surface area contributed by atoms with E-state index in [1.165, 1.54) is 0 Å². The van der Waals surface area contributed by atoms with Gasteiger partial charge in [0.15, 0.2) is 14.9 Å². The van der Waals surface area contributed by atoms with Crippen LogP contribution in [0.4, 0.5) is 5.69 Å². The van der Waals surface area contributed by atoms with Crippen LogP contribution in [0.15, 0.2) is 23.4 Å². The van der Waals surface area contributed by atoms with Gasteiger partial charge in [-0.2, -0.15) is 0 Å². The lowest BCUT2D eigenvalue weighted by Gasteiger charge is -2.28. The van der Waals surface area contributed by atoms with E-state index in [9.17, 15) is 8.42 Å². The van der Waals surface area contributed by atoms with E-state index in [1.54, 1.807) is 39.1 Å². The van der Waals surface area contributed by atoms with Gasteiger partial charge in [-0.3, -0.25) is 0 Å². The Labute approximate surface area is 139 Å². The summed E-state index contributed by atoms with van der Waals surface area (Å²) in [5, 5.41) is 3.53. The molecule has 1 unspecified atom stereocenters. The zero-order chi connectivity index (χ0) is 17.7. The van der Waals surface area contributed by atoms with E-state index >= 15 is 0 Å². The Morgan fingerprint density at radius 3 is 2.22 bits per heavy atom. The maximum atomic E-state index is 12.4. The van der Waals surface area contributed by atoms with E-state index in [0.717, 1.165) is 12.1 Å². The van der Waals surface area contributed by atoms with Gasteiger partial charge in [0, 0.05) is 0 Å². The van der Waals surface area contributed by atoms with Gasteiger partial charge in [-0.15, -0.1) is 0 Å². The molecule has 1 aromatic rings. The quantitative estimate of drug-likeness (QED) is 0.913.